The van der Waals surface area contributed by atoms with Gasteiger partial charge in [0.2, 0.25) is 0 Å². The van der Waals surface area contributed by atoms with Crippen LogP contribution >= 0.6 is 11.6 Å². The Kier molecular flexibility index (Phi) is 2.21. The van der Waals surface area contributed by atoms with Gasteiger partial charge in [0.1, 0.15) is 5.52 Å². The highest BCUT2D eigenvalue weighted by molar-refractivity contribution is 6.32. The SMILES string of the molecule is O=[N+]([O-])c1cc(Cl)cc2c1[nH]c1cncc(F)c12. The summed E-state index contributed by atoms with van der Waals surface area (Å²) in [4.78, 5) is 16.9. The van der Waals surface area contributed by atoms with Crippen LogP contribution < -0.4 is 0 Å². The third kappa shape index (κ3) is 1.42. The average molecular weight is 266 g/mol. The summed E-state index contributed by atoms with van der Waals surface area (Å²) in [5.74, 6) is -0.546. The predicted octanol–water partition coefficient (Wildman–Crippen LogP) is 3.42. The number of aromatic nitrogens is 2. The number of pyridine rings is 1. The summed E-state index contributed by atoms with van der Waals surface area (Å²) in [6, 6.07) is 2.72. The summed E-state index contributed by atoms with van der Waals surface area (Å²) >= 11 is 5.82. The molecule has 3 aromatic rings. The maximum absolute atomic E-state index is 13.7. The van der Waals surface area contributed by atoms with Crippen LogP contribution in [0.4, 0.5) is 10.1 Å². The molecule has 0 aliphatic heterocycles. The van der Waals surface area contributed by atoms with Crippen molar-refractivity contribution in [3.8, 4) is 0 Å². The van der Waals surface area contributed by atoms with Gasteiger partial charge < -0.3 is 4.98 Å². The lowest BCUT2D eigenvalue weighted by molar-refractivity contribution is -0.383. The van der Waals surface area contributed by atoms with Gasteiger partial charge in [0, 0.05) is 21.9 Å². The number of nitrogens with one attached hydrogen (secondary N) is 1. The second-order valence-electron chi connectivity index (χ2n) is 3.77. The van der Waals surface area contributed by atoms with Gasteiger partial charge in [-0.05, 0) is 6.07 Å². The Morgan fingerprint density at radius 1 is 1.39 bits per heavy atom. The lowest BCUT2D eigenvalue weighted by atomic mass is 10.1. The van der Waals surface area contributed by atoms with Crippen LogP contribution in [-0.4, -0.2) is 14.9 Å². The molecule has 1 aromatic carbocycles. The van der Waals surface area contributed by atoms with Crippen molar-refractivity contribution < 1.29 is 9.31 Å². The summed E-state index contributed by atoms with van der Waals surface area (Å²) in [7, 11) is 0. The van der Waals surface area contributed by atoms with Crippen molar-refractivity contribution >= 4 is 39.1 Å². The average Bonchev–Trinajstić information content (AvgIpc) is 2.67. The van der Waals surface area contributed by atoms with Crippen molar-refractivity contribution in [1.29, 1.82) is 0 Å². The smallest absolute Gasteiger partial charge is 0.294 e. The Balaban J connectivity index is 2.58. The second kappa shape index (κ2) is 3.64. The molecule has 90 valence electrons. The van der Waals surface area contributed by atoms with Gasteiger partial charge in [-0.3, -0.25) is 15.1 Å². The van der Waals surface area contributed by atoms with Gasteiger partial charge in [-0.25, -0.2) is 4.39 Å². The predicted molar refractivity (Wildman–Crippen MR) is 65.2 cm³/mol. The molecule has 0 spiro atoms. The van der Waals surface area contributed by atoms with Crippen LogP contribution in [0.25, 0.3) is 21.8 Å². The molecule has 0 aliphatic rings. The summed E-state index contributed by atoms with van der Waals surface area (Å²) in [5.41, 5.74) is 0.453. The van der Waals surface area contributed by atoms with Gasteiger partial charge in [0.15, 0.2) is 5.82 Å². The molecule has 0 saturated carbocycles. The zero-order valence-electron chi connectivity index (χ0n) is 8.78. The molecule has 0 amide bonds. The topological polar surface area (TPSA) is 71.8 Å². The molecule has 0 radical (unpaired) electrons. The van der Waals surface area contributed by atoms with E-state index in [2.05, 4.69) is 9.97 Å². The molecule has 3 rings (SSSR count). The number of benzene rings is 1. The molecule has 0 unspecified atom stereocenters. The minimum absolute atomic E-state index is 0.186. The first kappa shape index (κ1) is 10.9. The molecule has 2 heterocycles. The first-order chi connectivity index (χ1) is 8.58. The van der Waals surface area contributed by atoms with Gasteiger partial charge in [-0.1, -0.05) is 11.6 Å². The normalized spacial score (nSPS) is 11.2. The summed E-state index contributed by atoms with van der Waals surface area (Å²) < 4.78 is 13.7. The number of halogens is 2. The minimum Gasteiger partial charge on any atom is -0.348 e. The van der Waals surface area contributed by atoms with E-state index in [4.69, 9.17) is 11.6 Å². The van der Waals surface area contributed by atoms with Crippen LogP contribution in [-0.2, 0) is 0 Å². The number of nitro groups is 1. The standard InChI is InChI=1S/C11H5ClFN3O2/c12-5-1-6-10-7(13)3-14-4-8(10)15-11(6)9(2-5)16(17)18/h1-4,15H. The van der Waals surface area contributed by atoms with E-state index in [0.29, 0.717) is 10.9 Å². The molecule has 0 aliphatic carbocycles. The third-order valence-electron chi connectivity index (χ3n) is 2.71. The first-order valence-electron chi connectivity index (χ1n) is 4.97. The Bertz CT molecular complexity index is 800. The molecule has 0 atom stereocenters. The number of aromatic amines is 1. The van der Waals surface area contributed by atoms with Crippen molar-refractivity contribution in [3.63, 3.8) is 0 Å². The van der Waals surface area contributed by atoms with E-state index in [1.807, 2.05) is 0 Å². The van der Waals surface area contributed by atoms with Gasteiger partial charge in [0.25, 0.3) is 5.69 Å². The summed E-state index contributed by atoms with van der Waals surface area (Å²) in [6.45, 7) is 0. The first-order valence-corrected chi connectivity index (χ1v) is 5.34. The Morgan fingerprint density at radius 3 is 2.89 bits per heavy atom. The van der Waals surface area contributed by atoms with Crippen molar-refractivity contribution in [2.75, 3.05) is 0 Å². The Hall–Kier alpha value is -2.21. The maximum Gasteiger partial charge on any atom is 0.294 e. The molecule has 5 nitrogen and oxygen atoms in total. The number of fused-ring (bicyclic) bond motifs is 3. The third-order valence-corrected chi connectivity index (χ3v) is 2.93. The Labute approximate surface area is 104 Å². The lowest BCUT2D eigenvalue weighted by Gasteiger charge is -1.96. The van der Waals surface area contributed by atoms with E-state index < -0.39 is 10.7 Å². The molecule has 0 fully saturated rings. The van der Waals surface area contributed by atoms with Crippen molar-refractivity contribution in [1.82, 2.24) is 9.97 Å². The van der Waals surface area contributed by atoms with Crippen molar-refractivity contribution in [2.45, 2.75) is 0 Å². The monoisotopic (exact) mass is 265 g/mol. The van der Waals surface area contributed by atoms with Crippen molar-refractivity contribution in [3.05, 3.63) is 45.5 Å². The largest absolute Gasteiger partial charge is 0.348 e. The van der Waals surface area contributed by atoms with Gasteiger partial charge in [0.05, 0.1) is 22.8 Å². The van der Waals surface area contributed by atoms with E-state index in [9.17, 15) is 14.5 Å². The summed E-state index contributed by atoms with van der Waals surface area (Å²) in [5, 5.41) is 11.8. The van der Waals surface area contributed by atoms with E-state index in [0.717, 1.165) is 6.20 Å². The van der Waals surface area contributed by atoms with E-state index >= 15 is 0 Å². The number of H-pyrrole nitrogens is 1. The summed E-state index contributed by atoms with van der Waals surface area (Å²) in [6.07, 6.45) is 2.47. The maximum atomic E-state index is 13.7. The fourth-order valence-corrected chi connectivity index (χ4v) is 2.22. The molecule has 0 bridgehead atoms. The van der Waals surface area contributed by atoms with Crippen LogP contribution in [0.5, 0.6) is 0 Å². The van der Waals surface area contributed by atoms with Crippen molar-refractivity contribution in [2.24, 2.45) is 0 Å². The van der Waals surface area contributed by atoms with Crippen LogP contribution in [0.3, 0.4) is 0 Å². The van der Waals surface area contributed by atoms with E-state index in [1.165, 1.54) is 18.3 Å². The zero-order valence-corrected chi connectivity index (χ0v) is 9.53. The molecule has 18 heavy (non-hydrogen) atoms. The number of nitro benzene ring substituents is 1. The minimum atomic E-state index is -0.561. The molecular formula is C11H5ClFN3O2. The second-order valence-corrected chi connectivity index (χ2v) is 4.21. The highest BCUT2D eigenvalue weighted by Crippen LogP contribution is 2.35. The molecular weight excluding hydrogens is 261 g/mol. The van der Waals surface area contributed by atoms with E-state index in [1.54, 1.807) is 0 Å². The quantitative estimate of drug-likeness (QED) is 0.541. The number of hydrogen-bond acceptors (Lipinski definition) is 3. The molecule has 7 heteroatoms. The zero-order chi connectivity index (χ0) is 12.9. The lowest BCUT2D eigenvalue weighted by Crippen LogP contribution is -1.89. The highest BCUT2D eigenvalue weighted by Gasteiger charge is 2.19. The van der Waals surface area contributed by atoms with Crippen LogP contribution in [0.2, 0.25) is 5.02 Å². The number of nitrogens with zero attached hydrogens (tertiary/aromatic N) is 2. The van der Waals surface area contributed by atoms with Gasteiger partial charge in [-0.15, -0.1) is 0 Å². The fourth-order valence-electron chi connectivity index (χ4n) is 2.00. The molecule has 1 N–H and O–H groups in total. The fraction of sp³-hybridized carbons (Fsp3) is 0. The highest BCUT2D eigenvalue weighted by atomic mass is 35.5. The molecule has 0 saturated heterocycles. The number of non-ortho nitro benzene ring substituents is 1. The van der Waals surface area contributed by atoms with Crippen LogP contribution in [0, 0.1) is 15.9 Å². The molecule has 2 aromatic heterocycles. The Morgan fingerprint density at radius 2 is 2.17 bits per heavy atom. The van der Waals surface area contributed by atoms with E-state index in [-0.39, 0.29) is 21.6 Å². The van der Waals surface area contributed by atoms with Crippen LogP contribution in [0.15, 0.2) is 24.5 Å². The number of hydrogen-bond donors (Lipinski definition) is 1. The van der Waals surface area contributed by atoms with Crippen LogP contribution in [0.1, 0.15) is 0 Å². The van der Waals surface area contributed by atoms with Gasteiger partial charge in [-0.2, -0.15) is 0 Å². The van der Waals surface area contributed by atoms with Gasteiger partial charge >= 0.3 is 0 Å². The number of rotatable bonds is 1.